The molecule has 23 heavy (non-hydrogen) atoms. The first-order valence-electron chi connectivity index (χ1n) is 8.06. The molecule has 0 spiro atoms. The third-order valence-corrected chi connectivity index (χ3v) is 4.42. The molecule has 0 fully saturated rings. The molecule has 1 aliphatic rings. The number of ketones is 1. The van der Waals surface area contributed by atoms with Gasteiger partial charge in [-0.25, -0.2) is 0 Å². The lowest BCUT2D eigenvalue weighted by Gasteiger charge is -2.22. The van der Waals surface area contributed by atoms with E-state index in [1.54, 1.807) is 0 Å². The molecule has 0 saturated heterocycles. The zero-order valence-electron chi connectivity index (χ0n) is 13.6. The van der Waals surface area contributed by atoms with Crippen LogP contribution in [0.3, 0.4) is 0 Å². The Kier molecular flexibility index (Phi) is 4.28. The van der Waals surface area contributed by atoms with E-state index in [0.717, 1.165) is 17.7 Å². The van der Waals surface area contributed by atoms with Gasteiger partial charge in [0, 0.05) is 30.1 Å². The molecule has 3 nitrogen and oxygen atoms in total. The number of aryl methyl sites for hydroxylation is 1. The fourth-order valence-corrected chi connectivity index (χ4v) is 3.17. The lowest BCUT2D eigenvalue weighted by Crippen LogP contribution is -2.35. The van der Waals surface area contributed by atoms with Gasteiger partial charge in [-0.3, -0.25) is 9.59 Å². The Morgan fingerprint density at radius 1 is 1.04 bits per heavy atom. The molecule has 1 aliphatic heterocycles. The van der Waals surface area contributed by atoms with Gasteiger partial charge < -0.3 is 4.90 Å². The van der Waals surface area contributed by atoms with E-state index in [9.17, 15) is 9.59 Å². The average Bonchev–Trinajstić information content (AvgIpc) is 2.88. The molecule has 3 heteroatoms. The minimum atomic E-state index is 0.0264. The Morgan fingerprint density at radius 3 is 2.48 bits per heavy atom. The van der Waals surface area contributed by atoms with E-state index < -0.39 is 0 Å². The SMILES string of the molecule is Cc1ccc(C(=O)CCC(=O)N2c3ccccc3CC2C)cc1. The summed E-state index contributed by atoms with van der Waals surface area (Å²) in [6.07, 6.45) is 1.40. The lowest BCUT2D eigenvalue weighted by molar-refractivity contribution is -0.118. The Balaban J connectivity index is 1.66. The van der Waals surface area contributed by atoms with Crippen molar-refractivity contribution in [3.8, 4) is 0 Å². The highest BCUT2D eigenvalue weighted by Gasteiger charge is 2.30. The Bertz CT molecular complexity index is 734. The fourth-order valence-electron chi connectivity index (χ4n) is 3.17. The van der Waals surface area contributed by atoms with Crippen molar-refractivity contribution >= 4 is 17.4 Å². The average molecular weight is 307 g/mol. The summed E-state index contributed by atoms with van der Waals surface area (Å²) in [5.41, 5.74) is 4.00. The molecule has 1 unspecified atom stereocenters. The molecule has 1 amide bonds. The van der Waals surface area contributed by atoms with Crippen molar-refractivity contribution in [3.63, 3.8) is 0 Å². The summed E-state index contributed by atoms with van der Waals surface area (Å²) in [6.45, 7) is 4.05. The van der Waals surface area contributed by atoms with Crippen molar-refractivity contribution in [1.29, 1.82) is 0 Å². The maximum absolute atomic E-state index is 12.6. The topological polar surface area (TPSA) is 37.4 Å². The summed E-state index contributed by atoms with van der Waals surface area (Å²) >= 11 is 0. The van der Waals surface area contributed by atoms with Crippen LogP contribution < -0.4 is 4.90 Å². The molecule has 0 radical (unpaired) electrons. The number of Topliss-reactive ketones (excluding diaryl/α,β-unsaturated/α-hetero) is 1. The third-order valence-electron chi connectivity index (χ3n) is 4.42. The summed E-state index contributed by atoms with van der Waals surface area (Å²) in [5.74, 6) is 0.0568. The molecule has 0 aliphatic carbocycles. The van der Waals surface area contributed by atoms with Crippen LogP contribution in [0.1, 0.15) is 41.3 Å². The first-order valence-corrected chi connectivity index (χ1v) is 8.06. The highest BCUT2D eigenvalue weighted by Crippen LogP contribution is 2.32. The van der Waals surface area contributed by atoms with Gasteiger partial charge in [0.2, 0.25) is 5.91 Å². The number of fused-ring (bicyclic) bond motifs is 1. The van der Waals surface area contributed by atoms with Crippen molar-refractivity contribution in [1.82, 2.24) is 0 Å². The number of carbonyl (C=O) groups excluding carboxylic acids is 2. The van der Waals surface area contributed by atoms with Gasteiger partial charge in [-0.05, 0) is 31.9 Å². The van der Waals surface area contributed by atoms with E-state index in [0.29, 0.717) is 5.56 Å². The molecular formula is C20H21NO2. The second-order valence-electron chi connectivity index (χ2n) is 6.23. The minimum Gasteiger partial charge on any atom is -0.309 e. The quantitative estimate of drug-likeness (QED) is 0.802. The molecule has 0 bridgehead atoms. The number of hydrogen-bond donors (Lipinski definition) is 0. The lowest BCUT2D eigenvalue weighted by atomic mass is 10.0. The summed E-state index contributed by atoms with van der Waals surface area (Å²) in [6, 6.07) is 15.7. The summed E-state index contributed by atoms with van der Waals surface area (Å²) in [7, 11) is 0. The van der Waals surface area contributed by atoms with E-state index in [1.807, 2.05) is 54.3 Å². The molecular weight excluding hydrogens is 286 g/mol. The van der Waals surface area contributed by atoms with Crippen molar-refractivity contribution < 1.29 is 9.59 Å². The van der Waals surface area contributed by atoms with E-state index in [1.165, 1.54) is 5.56 Å². The van der Waals surface area contributed by atoms with Crippen LogP contribution in [0.15, 0.2) is 48.5 Å². The van der Waals surface area contributed by atoms with E-state index in [-0.39, 0.29) is 30.6 Å². The monoisotopic (exact) mass is 307 g/mol. The highest BCUT2D eigenvalue weighted by molar-refractivity contribution is 6.01. The van der Waals surface area contributed by atoms with Gasteiger partial charge in [0.15, 0.2) is 5.78 Å². The number of nitrogens with zero attached hydrogens (tertiary/aromatic N) is 1. The smallest absolute Gasteiger partial charge is 0.227 e. The van der Waals surface area contributed by atoms with Crippen molar-refractivity contribution in [3.05, 3.63) is 65.2 Å². The predicted molar refractivity (Wildman–Crippen MR) is 91.8 cm³/mol. The molecule has 0 N–H and O–H groups in total. The predicted octanol–water partition coefficient (Wildman–Crippen LogP) is 3.94. The normalized spacial score (nSPS) is 16.3. The molecule has 0 aromatic heterocycles. The van der Waals surface area contributed by atoms with Crippen LogP contribution in [0.25, 0.3) is 0 Å². The van der Waals surface area contributed by atoms with E-state index in [4.69, 9.17) is 0 Å². The largest absolute Gasteiger partial charge is 0.309 e. The molecule has 3 rings (SSSR count). The summed E-state index contributed by atoms with van der Waals surface area (Å²) < 4.78 is 0. The third kappa shape index (κ3) is 3.19. The first kappa shape index (κ1) is 15.5. The Labute approximate surface area is 136 Å². The van der Waals surface area contributed by atoms with Gasteiger partial charge in [0.25, 0.3) is 0 Å². The van der Waals surface area contributed by atoms with Crippen LogP contribution in [0.2, 0.25) is 0 Å². The Morgan fingerprint density at radius 2 is 1.74 bits per heavy atom. The van der Waals surface area contributed by atoms with Gasteiger partial charge in [0.05, 0.1) is 0 Å². The van der Waals surface area contributed by atoms with Crippen LogP contribution in [-0.2, 0) is 11.2 Å². The summed E-state index contributed by atoms with van der Waals surface area (Å²) in [5, 5.41) is 0. The number of carbonyl (C=O) groups is 2. The van der Waals surface area contributed by atoms with Crippen LogP contribution in [0.5, 0.6) is 0 Å². The van der Waals surface area contributed by atoms with E-state index >= 15 is 0 Å². The Hall–Kier alpha value is -2.42. The number of amides is 1. The molecule has 2 aromatic rings. The minimum absolute atomic E-state index is 0.0264. The van der Waals surface area contributed by atoms with Crippen LogP contribution >= 0.6 is 0 Å². The zero-order chi connectivity index (χ0) is 16.4. The van der Waals surface area contributed by atoms with Gasteiger partial charge in [0.1, 0.15) is 0 Å². The molecule has 0 saturated carbocycles. The number of rotatable bonds is 4. The molecule has 118 valence electrons. The number of para-hydroxylation sites is 1. The maximum atomic E-state index is 12.6. The van der Waals surface area contributed by atoms with Gasteiger partial charge in [-0.15, -0.1) is 0 Å². The standard InChI is InChI=1S/C20H21NO2/c1-14-7-9-16(10-8-14)19(22)11-12-20(23)21-15(2)13-17-5-3-4-6-18(17)21/h3-10,15H,11-13H2,1-2H3. The highest BCUT2D eigenvalue weighted by atomic mass is 16.2. The van der Waals surface area contributed by atoms with E-state index in [2.05, 4.69) is 13.0 Å². The molecule has 1 heterocycles. The fraction of sp³-hybridized carbons (Fsp3) is 0.300. The van der Waals surface area contributed by atoms with Crippen LogP contribution in [0.4, 0.5) is 5.69 Å². The van der Waals surface area contributed by atoms with Crippen LogP contribution in [0, 0.1) is 6.92 Å². The molecule has 2 aromatic carbocycles. The number of hydrogen-bond acceptors (Lipinski definition) is 2. The second-order valence-corrected chi connectivity index (χ2v) is 6.23. The summed E-state index contributed by atoms with van der Waals surface area (Å²) in [4.78, 5) is 26.7. The first-order chi connectivity index (χ1) is 11.1. The number of benzene rings is 2. The van der Waals surface area contributed by atoms with Gasteiger partial charge in [-0.2, -0.15) is 0 Å². The van der Waals surface area contributed by atoms with Gasteiger partial charge in [-0.1, -0.05) is 48.0 Å². The second kappa shape index (κ2) is 6.37. The van der Waals surface area contributed by atoms with Crippen LogP contribution in [-0.4, -0.2) is 17.7 Å². The molecule has 1 atom stereocenters. The number of anilines is 1. The maximum Gasteiger partial charge on any atom is 0.227 e. The zero-order valence-corrected chi connectivity index (χ0v) is 13.6. The van der Waals surface area contributed by atoms with Crippen molar-refractivity contribution in [2.24, 2.45) is 0 Å². The van der Waals surface area contributed by atoms with Gasteiger partial charge >= 0.3 is 0 Å². The van der Waals surface area contributed by atoms with Crippen molar-refractivity contribution in [2.45, 2.75) is 39.2 Å². The van der Waals surface area contributed by atoms with Crippen molar-refractivity contribution in [2.75, 3.05) is 4.90 Å².